The fourth-order valence-electron chi connectivity index (χ4n) is 1.72. The third-order valence-corrected chi connectivity index (χ3v) is 3.22. The third kappa shape index (κ3) is 9.09. The zero-order chi connectivity index (χ0) is 16.6. The molecule has 0 unspecified atom stereocenters. The van der Waals surface area contributed by atoms with Crippen LogP contribution in [0.1, 0.15) is 12.0 Å². The highest BCUT2D eigenvalue weighted by atomic mass is 127. The van der Waals surface area contributed by atoms with Crippen molar-refractivity contribution >= 4 is 41.5 Å². The number of alkyl halides is 3. The van der Waals surface area contributed by atoms with Crippen LogP contribution in [-0.4, -0.2) is 39.4 Å². The number of aliphatic imine (C=N–C) groups is 1. The number of rotatable bonds is 6. The lowest BCUT2D eigenvalue weighted by atomic mass is 10.1. The van der Waals surface area contributed by atoms with E-state index in [0.29, 0.717) is 29.7 Å². The van der Waals surface area contributed by atoms with Gasteiger partial charge in [-0.1, -0.05) is 17.7 Å². The topological polar surface area (TPSA) is 45.7 Å². The summed E-state index contributed by atoms with van der Waals surface area (Å²) in [6, 6.07) is 5.37. The fourth-order valence-corrected chi connectivity index (χ4v) is 1.98. The van der Waals surface area contributed by atoms with Gasteiger partial charge in [0.15, 0.2) is 5.96 Å². The molecule has 0 heterocycles. The molecule has 1 rings (SSSR count). The molecular formula is C14H20ClF3IN3O. The number of nitrogens with one attached hydrogen (secondary N) is 2. The smallest absolute Gasteiger partial charge is 0.390 e. The van der Waals surface area contributed by atoms with Crippen molar-refractivity contribution in [3.63, 3.8) is 0 Å². The number of nitrogens with zero attached hydrogens (tertiary/aromatic N) is 1. The Morgan fingerprint density at radius 3 is 2.43 bits per heavy atom. The number of hydrogen-bond acceptors (Lipinski definition) is 2. The highest BCUT2D eigenvalue weighted by molar-refractivity contribution is 14.0. The van der Waals surface area contributed by atoms with E-state index in [1.807, 2.05) is 6.07 Å². The Balaban J connectivity index is 0.00000484. The first kappa shape index (κ1) is 22.1. The van der Waals surface area contributed by atoms with Gasteiger partial charge in [-0.2, -0.15) is 13.2 Å². The second kappa shape index (κ2) is 10.8. The summed E-state index contributed by atoms with van der Waals surface area (Å²) >= 11 is 6.11. The second-order valence-corrected chi connectivity index (χ2v) is 4.91. The summed E-state index contributed by atoms with van der Waals surface area (Å²) in [4.78, 5) is 3.86. The van der Waals surface area contributed by atoms with E-state index >= 15 is 0 Å². The molecule has 0 spiro atoms. The highest BCUT2D eigenvalue weighted by Gasteiger charge is 2.26. The molecule has 23 heavy (non-hydrogen) atoms. The summed E-state index contributed by atoms with van der Waals surface area (Å²) < 4.78 is 41.3. The molecule has 9 heteroatoms. The average molecular weight is 466 g/mol. The van der Waals surface area contributed by atoms with E-state index in [4.69, 9.17) is 16.3 Å². The van der Waals surface area contributed by atoms with E-state index in [0.717, 1.165) is 5.56 Å². The van der Waals surface area contributed by atoms with Gasteiger partial charge in [-0.3, -0.25) is 4.99 Å². The molecule has 0 fully saturated rings. The summed E-state index contributed by atoms with van der Waals surface area (Å²) in [5, 5.41) is 6.14. The molecule has 0 bridgehead atoms. The minimum Gasteiger partial charge on any atom is -0.497 e. The van der Waals surface area contributed by atoms with E-state index in [1.165, 1.54) is 7.05 Å². The molecule has 4 nitrogen and oxygen atoms in total. The van der Waals surface area contributed by atoms with Crippen LogP contribution in [0, 0.1) is 0 Å². The van der Waals surface area contributed by atoms with Crippen LogP contribution >= 0.6 is 35.6 Å². The largest absolute Gasteiger partial charge is 0.497 e. The van der Waals surface area contributed by atoms with Crippen LogP contribution < -0.4 is 15.4 Å². The Labute approximate surface area is 155 Å². The monoisotopic (exact) mass is 465 g/mol. The van der Waals surface area contributed by atoms with Crippen molar-refractivity contribution in [1.82, 2.24) is 10.6 Å². The van der Waals surface area contributed by atoms with E-state index in [9.17, 15) is 13.2 Å². The molecule has 0 atom stereocenters. The number of hydrogen-bond donors (Lipinski definition) is 2. The minimum atomic E-state index is -4.18. The average Bonchev–Trinajstić information content (AvgIpc) is 2.45. The number of benzene rings is 1. The van der Waals surface area contributed by atoms with Gasteiger partial charge in [0.05, 0.1) is 13.5 Å². The molecule has 0 saturated carbocycles. The summed E-state index contributed by atoms with van der Waals surface area (Å²) in [6.45, 7) is 0.282. The van der Waals surface area contributed by atoms with Gasteiger partial charge in [0, 0.05) is 25.2 Å². The van der Waals surface area contributed by atoms with Crippen molar-refractivity contribution in [1.29, 1.82) is 0 Å². The molecule has 0 aliphatic heterocycles. The van der Waals surface area contributed by atoms with Crippen molar-refractivity contribution in [3.05, 3.63) is 28.8 Å². The summed E-state index contributed by atoms with van der Waals surface area (Å²) in [6.07, 6.45) is -4.47. The minimum absolute atomic E-state index is 0. The molecule has 0 aliphatic rings. The first-order valence-corrected chi connectivity index (χ1v) is 7.07. The molecule has 0 aromatic heterocycles. The van der Waals surface area contributed by atoms with E-state index in [2.05, 4.69) is 15.6 Å². The molecule has 0 aliphatic carbocycles. The van der Waals surface area contributed by atoms with Crippen LogP contribution in [0.4, 0.5) is 13.2 Å². The third-order valence-electron chi connectivity index (χ3n) is 2.87. The zero-order valence-corrected chi connectivity index (χ0v) is 15.9. The van der Waals surface area contributed by atoms with Crippen molar-refractivity contribution in [3.8, 4) is 5.75 Å². The lowest BCUT2D eigenvalue weighted by Gasteiger charge is -2.13. The van der Waals surface area contributed by atoms with Gasteiger partial charge in [0.1, 0.15) is 5.75 Å². The maximum absolute atomic E-state index is 12.1. The van der Waals surface area contributed by atoms with Gasteiger partial charge in [0.2, 0.25) is 0 Å². The van der Waals surface area contributed by atoms with Crippen molar-refractivity contribution in [2.45, 2.75) is 19.0 Å². The standard InChI is InChI=1S/C14H19ClF3N3O.HI/c1-19-13(21-8-6-14(16,17)18)20-7-5-10-3-4-11(22-2)9-12(10)15;/h3-4,9H,5-8H2,1-2H3,(H2,19,20,21);1H. The maximum Gasteiger partial charge on any atom is 0.390 e. The lowest BCUT2D eigenvalue weighted by Crippen LogP contribution is -2.39. The Morgan fingerprint density at radius 1 is 1.26 bits per heavy atom. The molecule has 0 saturated heterocycles. The highest BCUT2D eigenvalue weighted by Crippen LogP contribution is 2.22. The molecule has 2 N–H and O–H groups in total. The summed E-state index contributed by atoms with van der Waals surface area (Å²) in [5.41, 5.74) is 0.917. The van der Waals surface area contributed by atoms with Gasteiger partial charge in [-0.15, -0.1) is 24.0 Å². The fraction of sp³-hybridized carbons (Fsp3) is 0.500. The van der Waals surface area contributed by atoms with Crippen LogP contribution in [0.3, 0.4) is 0 Å². The molecule has 0 radical (unpaired) electrons. The zero-order valence-electron chi connectivity index (χ0n) is 12.8. The Bertz CT molecular complexity index is 513. The van der Waals surface area contributed by atoms with Crippen LogP contribution in [0.2, 0.25) is 5.02 Å². The van der Waals surface area contributed by atoms with Crippen LogP contribution in [0.5, 0.6) is 5.75 Å². The first-order valence-electron chi connectivity index (χ1n) is 6.69. The van der Waals surface area contributed by atoms with Gasteiger partial charge in [0.25, 0.3) is 0 Å². The molecule has 1 aromatic rings. The van der Waals surface area contributed by atoms with Gasteiger partial charge >= 0.3 is 6.18 Å². The Kier molecular flexibility index (Phi) is 10.4. The summed E-state index contributed by atoms with van der Waals surface area (Å²) in [5.74, 6) is 1.00. The first-order chi connectivity index (χ1) is 10.4. The van der Waals surface area contributed by atoms with Crippen LogP contribution in [0.15, 0.2) is 23.2 Å². The maximum atomic E-state index is 12.1. The lowest BCUT2D eigenvalue weighted by molar-refractivity contribution is -0.132. The predicted octanol–water partition coefficient (Wildman–Crippen LogP) is 3.63. The van der Waals surface area contributed by atoms with Crippen LogP contribution in [-0.2, 0) is 6.42 Å². The normalized spacial score (nSPS) is 11.7. The Hall–Kier alpha value is -0.900. The quantitative estimate of drug-likeness (QED) is 0.383. The number of methoxy groups -OCH3 is 1. The predicted molar refractivity (Wildman–Crippen MR) is 97.2 cm³/mol. The van der Waals surface area contributed by atoms with E-state index < -0.39 is 12.6 Å². The number of ether oxygens (including phenoxy) is 1. The van der Waals surface area contributed by atoms with Crippen LogP contribution in [0.25, 0.3) is 0 Å². The molecule has 0 amide bonds. The molecule has 1 aromatic carbocycles. The van der Waals surface area contributed by atoms with Gasteiger partial charge in [-0.05, 0) is 24.1 Å². The number of halogens is 5. The molecular weight excluding hydrogens is 446 g/mol. The van der Waals surface area contributed by atoms with E-state index in [1.54, 1.807) is 19.2 Å². The summed E-state index contributed by atoms with van der Waals surface area (Å²) in [7, 11) is 3.06. The Morgan fingerprint density at radius 2 is 1.91 bits per heavy atom. The molecule has 132 valence electrons. The second-order valence-electron chi connectivity index (χ2n) is 4.50. The van der Waals surface area contributed by atoms with Gasteiger partial charge in [-0.25, -0.2) is 0 Å². The van der Waals surface area contributed by atoms with Crippen molar-refractivity contribution < 1.29 is 17.9 Å². The van der Waals surface area contributed by atoms with Crippen molar-refractivity contribution in [2.75, 3.05) is 27.2 Å². The number of guanidine groups is 1. The van der Waals surface area contributed by atoms with Crippen molar-refractivity contribution in [2.24, 2.45) is 4.99 Å². The SMILES string of the molecule is CN=C(NCCc1ccc(OC)cc1Cl)NCCC(F)(F)F.I. The van der Waals surface area contributed by atoms with E-state index in [-0.39, 0.29) is 30.5 Å². The van der Waals surface area contributed by atoms with Gasteiger partial charge < -0.3 is 15.4 Å².